The number of aldehydes is 1. The molecule has 1 rings (SSSR count). The number of hydrogen-bond donors (Lipinski definition) is 1. The normalized spacial score (nSPS) is 11.2. The molecule has 0 unspecified atom stereocenters. The Hall–Kier alpha value is -1.95. The van der Waals surface area contributed by atoms with Gasteiger partial charge in [-0.1, -0.05) is 25.0 Å². The highest BCUT2D eigenvalue weighted by Crippen LogP contribution is 2.15. The molecule has 0 amide bonds. The molecule has 0 bridgehead atoms. The summed E-state index contributed by atoms with van der Waals surface area (Å²) in [5.74, 6) is -0.187. The highest BCUT2D eigenvalue weighted by atomic mass is 16.5. The molecule has 0 aliphatic heterocycles. The highest BCUT2D eigenvalue weighted by Gasteiger charge is 2.13. The third-order valence-corrected chi connectivity index (χ3v) is 4.15. The zero-order chi connectivity index (χ0) is 18.5. The fourth-order valence-electron chi connectivity index (χ4n) is 2.70. The van der Waals surface area contributed by atoms with Crippen molar-refractivity contribution in [1.29, 1.82) is 0 Å². The van der Waals surface area contributed by atoms with Crippen molar-refractivity contribution in [2.45, 2.75) is 64.8 Å². The van der Waals surface area contributed by atoms with E-state index in [1.54, 1.807) is 4.68 Å². The monoisotopic (exact) mass is 350 g/mol. The Morgan fingerprint density at radius 1 is 1.20 bits per heavy atom. The van der Waals surface area contributed by atoms with Gasteiger partial charge in [-0.25, -0.2) is 0 Å². The van der Waals surface area contributed by atoms with E-state index in [2.05, 4.69) is 9.84 Å². The largest absolute Gasteiger partial charge is 0.469 e. The minimum absolute atomic E-state index is 0.187. The van der Waals surface area contributed by atoms with Gasteiger partial charge in [-0.3, -0.25) is 14.3 Å². The fraction of sp³-hybridized carbons (Fsp3) is 0.632. The van der Waals surface area contributed by atoms with Gasteiger partial charge in [0, 0.05) is 25.1 Å². The molecule has 0 radical (unpaired) electrons. The van der Waals surface area contributed by atoms with E-state index in [1.165, 1.54) is 7.11 Å². The molecule has 0 spiro atoms. The number of hydrogen-bond acceptors (Lipinski definition) is 5. The van der Waals surface area contributed by atoms with Gasteiger partial charge in [0.2, 0.25) is 0 Å². The van der Waals surface area contributed by atoms with Crippen LogP contribution in [-0.4, -0.2) is 40.9 Å². The number of rotatable bonds is 13. The topological polar surface area (TPSA) is 81.4 Å². The van der Waals surface area contributed by atoms with Gasteiger partial charge in [-0.15, -0.1) is 0 Å². The van der Waals surface area contributed by atoms with Gasteiger partial charge in [0.1, 0.15) is 5.69 Å². The Morgan fingerprint density at radius 3 is 2.64 bits per heavy atom. The Bertz CT molecular complexity index is 564. The molecule has 1 aromatic rings. The van der Waals surface area contributed by atoms with Crippen molar-refractivity contribution in [3.63, 3.8) is 0 Å². The van der Waals surface area contributed by atoms with Gasteiger partial charge in [0.05, 0.1) is 12.8 Å². The van der Waals surface area contributed by atoms with E-state index >= 15 is 0 Å². The first-order valence-electron chi connectivity index (χ1n) is 8.98. The van der Waals surface area contributed by atoms with Gasteiger partial charge >= 0.3 is 5.97 Å². The zero-order valence-corrected chi connectivity index (χ0v) is 15.4. The Balaban J connectivity index is 2.50. The van der Waals surface area contributed by atoms with Crippen LogP contribution in [0.5, 0.6) is 0 Å². The molecule has 0 aromatic carbocycles. The second kappa shape index (κ2) is 12.4. The van der Waals surface area contributed by atoms with Gasteiger partial charge in [0.15, 0.2) is 6.29 Å². The summed E-state index contributed by atoms with van der Waals surface area (Å²) < 4.78 is 6.40. The van der Waals surface area contributed by atoms with E-state index in [4.69, 9.17) is 5.11 Å². The molecule has 25 heavy (non-hydrogen) atoms. The standard InChI is InChI=1S/C19H30N2O4/c1-16-17(11-7-3-4-8-12-19(24)25-2)18(15-23)21(20-16)13-9-5-6-10-14-22/h3,7,15,22H,4-6,8-14H2,1-2H3. The molecule has 0 aliphatic rings. The van der Waals surface area contributed by atoms with Crippen molar-refractivity contribution in [3.8, 4) is 0 Å². The molecule has 1 N–H and O–H groups in total. The summed E-state index contributed by atoms with van der Waals surface area (Å²) in [4.78, 5) is 22.5. The van der Waals surface area contributed by atoms with Crippen LogP contribution in [0.3, 0.4) is 0 Å². The van der Waals surface area contributed by atoms with Crippen LogP contribution in [0.25, 0.3) is 0 Å². The summed E-state index contributed by atoms with van der Waals surface area (Å²) in [7, 11) is 1.40. The number of allylic oxidation sites excluding steroid dienone is 2. The van der Waals surface area contributed by atoms with Crippen molar-refractivity contribution < 1.29 is 19.4 Å². The van der Waals surface area contributed by atoms with Crippen molar-refractivity contribution >= 4 is 12.3 Å². The van der Waals surface area contributed by atoms with Crippen LogP contribution in [0, 0.1) is 6.92 Å². The third-order valence-electron chi connectivity index (χ3n) is 4.15. The molecule has 0 atom stereocenters. The summed E-state index contributed by atoms with van der Waals surface area (Å²) in [6.07, 6.45) is 11.4. The number of aromatic nitrogens is 2. The maximum Gasteiger partial charge on any atom is 0.305 e. The van der Waals surface area contributed by atoms with E-state index in [1.807, 2.05) is 19.1 Å². The number of aryl methyl sites for hydroxylation is 2. The fourth-order valence-corrected chi connectivity index (χ4v) is 2.70. The number of nitrogens with zero attached hydrogens (tertiary/aromatic N) is 2. The third kappa shape index (κ3) is 7.65. The first kappa shape index (κ1) is 21.1. The number of esters is 1. The van der Waals surface area contributed by atoms with Gasteiger partial charge in [-0.2, -0.15) is 5.10 Å². The van der Waals surface area contributed by atoms with E-state index in [9.17, 15) is 9.59 Å². The van der Waals surface area contributed by atoms with Crippen molar-refractivity contribution in [3.05, 3.63) is 29.1 Å². The number of methoxy groups -OCH3 is 1. The molecule has 0 saturated heterocycles. The molecular formula is C19H30N2O4. The van der Waals surface area contributed by atoms with Crippen LogP contribution in [-0.2, 0) is 22.5 Å². The molecule has 0 saturated carbocycles. The lowest BCUT2D eigenvalue weighted by molar-refractivity contribution is -0.140. The molecule has 6 nitrogen and oxygen atoms in total. The molecule has 0 fully saturated rings. The average Bonchev–Trinajstić information content (AvgIpc) is 2.92. The maximum atomic E-state index is 11.5. The lowest BCUT2D eigenvalue weighted by Gasteiger charge is -2.04. The van der Waals surface area contributed by atoms with Crippen LogP contribution in [0.1, 0.15) is 66.7 Å². The van der Waals surface area contributed by atoms with Crippen molar-refractivity contribution in [1.82, 2.24) is 9.78 Å². The van der Waals surface area contributed by atoms with Gasteiger partial charge in [-0.05, 0) is 39.0 Å². The number of carbonyl (C=O) groups is 2. The molecule has 1 aromatic heterocycles. The summed E-state index contributed by atoms with van der Waals surface area (Å²) >= 11 is 0. The Morgan fingerprint density at radius 2 is 1.96 bits per heavy atom. The van der Waals surface area contributed by atoms with Crippen molar-refractivity contribution in [2.75, 3.05) is 13.7 Å². The summed E-state index contributed by atoms with van der Waals surface area (Å²) in [6, 6.07) is 0. The second-order valence-corrected chi connectivity index (χ2v) is 6.07. The van der Waals surface area contributed by atoms with E-state index in [-0.39, 0.29) is 12.6 Å². The maximum absolute atomic E-state index is 11.5. The number of carbonyl (C=O) groups excluding carboxylic acids is 2. The zero-order valence-electron chi connectivity index (χ0n) is 15.4. The SMILES string of the molecule is COC(=O)CCCC=CCc1c(C)nn(CCCCCCO)c1C=O. The summed E-state index contributed by atoms with van der Waals surface area (Å²) in [6.45, 7) is 2.88. The van der Waals surface area contributed by atoms with E-state index in [0.717, 1.165) is 62.6 Å². The van der Waals surface area contributed by atoms with Crippen LogP contribution in [0.2, 0.25) is 0 Å². The van der Waals surface area contributed by atoms with Crippen molar-refractivity contribution in [2.24, 2.45) is 0 Å². The first-order valence-corrected chi connectivity index (χ1v) is 8.98. The lowest BCUT2D eigenvalue weighted by atomic mass is 10.1. The van der Waals surface area contributed by atoms with Gasteiger partial charge < -0.3 is 9.84 Å². The van der Waals surface area contributed by atoms with E-state index in [0.29, 0.717) is 18.5 Å². The summed E-state index contributed by atoms with van der Waals surface area (Å²) in [5.41, 5.74) is 2.50. The Labute approximate surface area is 149 Å². The molecular weight excluding hydrogens is 320 g/mol. The summed E-state index contributed by atoms with van der Waals surface area (Å²) in [5, 5.41) is 13.3. The number of unbranched alkanes of at least 4 members (excludes halogenated alkanes) is 4. The molecule has 6 heteroatoms. The Kier molecular flexibility index (Phi) is 10.5. The smallest absolute Gasteiger partial charge is 0.305 e. The van der Waals surface area contributed by atoms with Crippen LogP contribution in [0.15, 0.2) is 12.2 Å². The quantitative estimate of drug-likeness (QED) is 0.256. The lowest BCUT2D eigenvalue weighted by Crippen LogP contribution is -2.05. The average molecular weight is 350 g/mol. The second-order valence-electron chi connectivity index (χ2n) is 6.07. The minimum Gasteiger partial charge on any atom is -0.469 e. The minimum atomic E-state index is -0.187. The highest BCUT2D eigenvalue weighted by molar-refractivity contribution is 5.75. The van der Waals surface area contributed by atoms with Gasteiger partial charge in [0.25, 0.3) is 0 Å². The van der Waals surface area contributed by atoms with E-state index < -0.39 is 0 Å². The number of ether oxygens (including phenoxy) is 1. The molecule has 0 aliphatic carbocycles. The predicted octanol–water partition coefficient (Wildman–Crippen LogP) is 3.00. The predicted molar refractivity (Wildman–Crippen MR) is 96.6 cm³/mol. The van der Waals surface area contributed by atoms with Crippen LogP contribution >= 0.6 is 0 Å². The van der Waals surface area contributed by atoms with Crippen LogP contribution in [0.4, 0.5) is 0 Å². The molecule has 1 heterocycles. The number of aliphatic hydroxyl groups is 1. The first-order chi connectivity index (χ1) is 12.1. The van der Waals surface area contributed by atoms with Crippen LogP contribution < -0.4 is 0 Å². The molecule has 140 valence electrons. The number of aliphatic hydroxyl groups excluding tert-OH is 1.